The number of carbonyl (C=O) groups is 1. The molecule has 1 aliphatic rings. The summed E-state index contributed by atoms with van der Waals surface area (Å²) in [6.45, 7) is 3.51. The number of carbonyl (C=O) groups excluding carboxylic acids is 1. The number of hydrazine groups is 1. The fourth-order valence-corrected chi connectivity index (χ4v) is 2.34. The molecule has 1 heterocycles. The number of hydrogen-bond acceptors (Lipinski definition) is 4. The minimum Gasteiger partial charge on any atom is -0.383 e. The van der Waals surface area contributed by atoms with Crippen LogP contribution in [0.1, 0.15) is 32.6 Å². The lowest BCUT2D eigenvalue weighted by atomic mass is 10.1. The molecule has 0 saturated carbocycles. The lowest BCUT2D eigenvalue weighted by Gasteiger charge is -2.33. The molecule has 1 fully saturated rings. The Morgan fingerprint density at radius 1 is 1.56 bits per heavy atom. The SMILES string of the molecule is COCC(C(=O)NN)N1CCCCCC1C. The van der Waals surface area contributed by atoms with Gasteiger partial charge in [0.05, 0.1) is 6.61 Å². The Balaban J connectivity index is 2.69. The fourth-order valence-electron chi connectivity index (χ4n) is 2.34. The molecule has 1 amide bonds. The standard InChI is InChI=1S/C11H23N3O2/c1-9-6-4-3-5-7-14(9)10(8-16-2)11(15)13-12/h9-10H,3-8,12H2,1-2H3,(H,13,15). The van der Waals surface area contributed by atoms with Gasteiger partial charge in [0, 0.05) is 13.2 Å². The second kappa shape index (κ2) is 6.83. The maximum atomic E-state index is 11.7. The fraction of sp³-hybridized carbons (Fsp3) is 0.909. The van der Waals surface area contributed by atoms with Crippen molar-refractivity contribution in [2.24, 2.45) is 5.84 Å². The maximum absolute atomic E-state index is 11.7. The molecule has 94 valence electrons. The van der Waals surface area contributed by atoms with Gasteiger partial charge >= 0.3 is 0 Å². The third-order valence-corrected chi connectivity index (χ3v) is 3.27. The van der Waals surface area contributed by atoms with Crippen LogP contribution >= 0.6 is 0 Å². The van der Waals surface area contributed by atoms with Crippen LogP contribution in [-0.4, -0.2) is 43.2 Å². The zero-order valence-electron chi connectivity index (χ0n) is 10.2. The lowest BCUT2D eigenvalue weighted by Crippen LogP contribution is -2.54. The van der Waals surface area contributed by atoms with Gasteiger partial charge in [-0.25, -0.2) is 5.84 Å². The Morgan fingerprint density at radius 2 is 2.31 bits per heavy atom. The van der Waals surface area contributed by atoms with E-state index in [0.717, 1.165) is 19.4 Å². The molecule has 0 aromatic rings. The van der Waals surface area contributed by atoms with Gasteiger partial charge in [-0.05, 0) is 26.3 Å². The van der Waals surface area contributed by atoms with E-state index in [1.807, 2.05) is 0 Å². The van der Waals surface area contributed by atoms with E-state index in [0.29, 0.717) is 12.6 Å². The second-order valence-corrected chi connectivity index (χ2v) is 4.42. The smallest absolute Gasteiger partial charge is 0.253 e. The zero-order chi connectivity index (χ0) is 12.0. The van der Waals surface area contributed by atoms with Crippen LogP contribution in [-0.2, 0) is 9.53 Å². The van der Waals surface area contributed by atoms with E-state index in [-0.39, 0.29) is 11.9 Å². The highest BCUT2D eigenvalue weighted by atomic mass is 16.5. The van der Waals surface area contributed by atoms with Crippen molar-refractivity contribution in [2.75, 3.05) is 20.3 Å². The van der Waals surface area contributed by atoms with Crippen LogP contribution < -0.4 is 11.3 Å². The number of nitrogens with two attached hydrogens (primary N) is 1. The number of rotatable bonds is 4. The van der Waals surface area contributed by atoms with Gasteiger partial charge < -0.3 is 4.74 Å². The van der Waals surface area contributed by atoms with Gasteiger partial charge in [0.25, 0.3) is 5.91 Å². The number of amides is 1. The van der Waals surface area contributed by atoms with Gasteiger partial charge in [0.1, 0.15) is 6.04 Å². The van der Waals surface area contributed by atoms with Crippen molar-refractivity contribution in [1.82, 2.24) is 10.3 Å². The lowest BCUT2D eigenvalue weighted by molar-refractivity contribution is -0.129. The molecule has 2 atom stereocenters. The first kappa shape index (κ1) is 13.4. The molecule has 0 aliphatic carbocycles. The number of nitrogens with one attached hydrogen (secondary N) is 1. The Bertz CT molecular complexity index is 223. The average molecular weight is 229 g/mol. The summed E-state index contributed by atoms with van der Waals surface area (Å²) in [6.07, 6.45) is 4.76. The molecule has 1 saturated heterocycles. The third-order valence-electron chi connectivity index (χ3n) is 3.27. The Kier molecular flexibility index (Phi) is 5.73. The largest absolute Gasteiger partial charge is 0.383 e. The van der Waals surface area contributed by atoms with Crippen molar-refractivity contribution in [3.63, 3.8) is 0 Å². The molecule has 0 radical (unpaired) electrons. The Morgan fingerprint density at radius 3 is 2.94 bits per heavy atom. The Labute approximate surface area is 97.3 Å². The first-order valence-corrected chi connectivity index (χ1v) is 5.95. The van der Waals surface area contributed by atoms with Gasteiger partial charge in [-0.2, -0.15) is 0 Å². The molecule has 1 rings (SSSR count). The summed E-state index contributed by atoms with van der Waals surface area (Å²) in [7, 11) is 1.61. The summed E-state index contributed by atoms with van der Waals surface area (Å²) < 4.78 is 5.11. The summed E-state index contributed by atoms with van der Waals surface area (Å²) in [5, 5.41) is 0. The predicted molar refractivity (Wildman–Crippen MR) is 62.6 cm³/mol. The van der Waals surface area contributed by atoms with E-state index in [1.165, 1.54) is 12.8 Å². The molecule has 5 heteroatoms. The van der Waals surface area contributed by atoms with Gasteiger partial charge in [-0.3, -0.25) is 15.1 Å². The molecule has 0 aromatic carbocycles. The van der Waals surface area contributed by atoms with Crippen LogP contribution in [0, 0.1) is 0 Å². The second-order valence-electron chi connectivity index (χ2n) is 4.42. The van der Waals surface area contributed by atoms with Crippen molar-refractivity contribution in [2.45, 2.75) is 44.7 Å². The number of methoxy groups -OCH3 is 1. The minimum atomic E-state index is -0.261. The average Bonchev–Trinajstić information content (AvgIpc) is 2.50. The van der Waals surface area contributed by atoms with Crippen molar-refractivity contribution in [3.05, 3.63) is 0 Å². The number of hydrogen-bond donors (Lipinski definition) is 2. The third kappa shape index (κ3) is 3.43. The summed E-state index contributed by atoms with van der Waals surface area (Å²) in [6, 6.07) is 0.156. The minimum absolute atomic E-state index is 0.157. The van der Waals surface area contributed by atoms with E-state index in [2.05, 4.69) is 17.2 Å². The van der Waals surface area contributed by atoms with Crippen molar-refractivity contribution < 1.29 is 9.53 Å². The number of likely N-dealkylation sites (tertiary alicyclic amines) is 1. The normalized spacial score (nSPS) is 24.8. The van der Waals surface area contributed by atoms with E-state index in [4.69, 9.17) is 10.6 Å². The van der Waals surface area contributed by atoms with Crippen LogP contribution in [0.2, 0.25) is 0 Å². The molecule has 3 N–H and O–H groups in total. The van der Waals surface area contributed by atoms with Crippen LogP contribution in [0.15, 0.2) is 0 Å². The molecule has 0 spiro atoms. The molecular weight excluding hydrogens is 206 g/mol. The van der Waals surface area contributed by atoms with E-state index >= 15 is 0 Å². The van der Waals surface area contributed by atoms with E-state index in [1.54, 1.807) is 7.11 Å². The molecule has 16 heavy (non-hydrogen) atoms. The number of ether oxygens (including phenoxy) is 1. The predicted octanol–water partition coefficient (Wildman–Crippen LogP) is 0.256. The molecular formula is C11H23N3O2. The molecule has 1 aliphatic heterocycles. The molecule has 2 unspecified atom stereocenters. The van der Waals surface area contributed by atoms with Crippen molar-refractivity contribution in [1.29, 1.82) is 0 Å². The van der Waals surface area contributed by atoms with Gasteiger partial charge in [0.2, 0.25) is 0 Å². The summed E-state index contributed by atoms with van der Waals surface area (Å²) in [5.74, 6) is 5.06. The first-order chi connectivity index (χ1) is 7.70. The zero-order valence-corrected chi connectivity index (χ0v) is 10.2. The highest BCUT2D eigenvalue weighted by Crippen LogP contribution is 2.19. The maximum Gasteiger partial charge on any atom is 0.253 e. The molecule has 0 bridgehead atoms. The van der Waals surface area contributed by atoms with Gasteiger partial charge in [0.15, 0.2) is 0 Å². The van der Waals surface area contributed by atoms with E-state index in [9.17, 15) is 4.79 Å². The summed E-state index contributed by atoms with van der Waals surface area (Å²) >= 11 is 0. The topological polar surface area (TPSA) is 67.6 Å². The summed E-state index contributed by atoms with van der Waals surface area (Å²) in [4.78, 5) is 13.9. The molecule has 0 aromatic heterocycles. The monoisotopic (exact) mass is 229 g/mol. The quantitative estimate of drug-likeness (QED) is 0.412. The van der Waals surface area contributed by atoms with Crippen LogP contribution in [0.5, 0.6) is 0 Å². The summed E-state index contributed by atoms with van der Waals surface area (Å²) in [5.41, 5.74) is 2.23. The Hall–Kier alpha value is -0.650. The van der Waals surface area contributed by atoms with Crippen LogP contribution in [0.3, 0.4) is 0 Å². The van der Waals surface area contributed by atoms with Gasteiger partial charge in [-0.1, -0.05) is 12.8 Å². The highest BCUT2D eigenvalue weighted by molar-refractivity contribution is 5.81. The number of nitrogens with zero attached hydrogens (tertiary/aromatic N) is 1. The highest BCUT2D eigenvalue weighted by Gasteiger charge is 2.29. The molecule has 5 nitrogen and oxygen atoms in total. The van der Waals surface area contributed by atoms with E-state index < -0.39 is 0 Å². The first-order valence-electron chi connectivity index (χ1n) is 5.95. The van der Waals surface area contributed by atoms with Crippen LogP contribution in [0.25, 0.3) is 0 Å². The van der Waals surface area contributed by atoms with Crippen molar-refractivity contribution >= 4 is 5.91 Å². The van der Waals surface area contributed by atoms with Crippen LogP contribution in [0.4, 0.5) is 0 Å². The van der Waals surface area contributed by atoms with Crippen molar-refractivity contribution in [3.8, 4) is 0 Å². The van der Waals surface area contributed by atoms with Gasteiger partial charge in [-0.15, -0.1) is 0 Å².